The van der Waals surface area contributed by atoms with Gasteiger partial charge in [0, 0.05) is 24.7 Å². The highest BCUT2D eigenvalue weighted by molar-refractivity contribution is 6.30. The topological polar surface area (TPSA) is 46.9 Å². The summed E-state index contributed by atoms with van der Waals surface area (Å²) in [5.41, 5.74) is 5.13. The predicted molar refractivity (Wildman–Crippen MR) is 110 cm³/mol. The van der Waals surface area contributed by atoms with Gasteiger partial charge in [-0.25, -0.2) is 9.37 Å². The molecule has 1 amide bonds. The van der Waals surface area contributed by atoms with Crippen molar-refractivity contribution < 1.29 is 9.18 Å². The molecule has 148 valence electrons. The molecule has 29 heavy (non-hydrogen) atoms. The molecule has 2 aliphatic rings. The van der Waals surface area contributed by atoms with E-state index in [2.05, 4.69) is 34.3 Å². The number of aromatic nitrogens is 2. The minimum absolute atomic E-state index is 0.0240. The zero-order valence-electron chi connectivity index (χ0n) is 15.9. The second-order valence-electron chi connectivity index (χ2n) is 7.84. The molecule has 1 atom stereocenters. The lowest BCUT2D eigenvalue weighted by atomic mass is 10.0. The van der Waals surface area contributed by atoms with Crippen molar-refractivity contribution in [3.63, 3.8) is 0 Å². The number of aryl methyl sites for hydroxylation is 3. The van der Waals surface area contributed by atoms with Crippen LogP contribution in [-0.2, 0) is 30.6 Å². The van der Waals surface area contributed by atoms with E-state index in [9.17, 15) is 9.18 Å². The zero-order chi connectivity index (χ0) is 20.0. The number of fused-ring (bicyclic) bond motifs is 2. The third-order valence-electron chi connectivity index (χ3n) is 5.86. The van der Waals surface area contributed by atoms with Gasteiger partial charge in [-0.2, -0.15) is 0 Å². The van der Waals surface area contributed by atoms with Crippen molar-refractivity contribution in [3.8, 4) is 11.3 Å². The van der Waals surface area contributed by atoms with Crippen LogP contribution in [0.2, 0.25) is 5.02 Å². The average molecular weight is 410 g/mol. The predicted octanol–water partition coefficient (Wildman–Crippen LogP) is 4.64. The monoisotopic (exact) mass is 409 g/mol. The van der Waals surface area contributed by atoms with E-state index >= 15 is 0 Å². The molecule has 0 saturated heterocycles. The SMILES string of the molecule is O=C(Cc1ccc(Cl)c(F)c1)NC1CCc2ccc(-c3cn4c(n3)CCC4)cc21. The summed E-state index contributed by atoms with van der Waals surface area (Å²) in [6.45, 7) is 1.04. The number of carbonyl (C=O) groups excluding carboxylic acids is 1. The summed E-state index contributed by atoms with van der Waals surface area (Å²) >= 11 is 5.72. The lowest BCUT2D eigenvalue weighted by Crippen LogP contribution is -2.28. The van der Waals surface area contributed by atoms with Crippen molar-refractivity contribution in [2.24, 2.45) is 0 Å². The average Bonchev–Trinajstić information content (AvgIpc) is 3.39. The third-order valence-corrected chi connectivity index (χ3v) is 6.17. The van der Waals surface area contributed by atoms with Crippen LogP contribution in [0.25, 0.3) is 11.3 Å². The van der Waals surface area contributed by atoms with Crippen LogP contribution in [0.5, 0.6) is 0 Å². The van der Waals surface area contributed by atoms with Crippen molar-refractivity contribution in [2.45, 2.75) is 44.7 Å². The molecule has 1 aliphatic carbocycles. The number of hydrogen-bond donors (Lipinski definition) is 1. The smallest absolute Gasteiger partial charge is 0.224 e. The van der Waals surface area contributed by atoms with Gasteiger partial charge in [-0.05, 0) is 54.2 Å². The Bertz CT molecular complexity index is 1090. The second-order valence-corrected chi connectivity index (χ2v) is 8.24. The standard InChI is InChI=1S/C23H21ClFN3O/c24-18-7-3-14(10-19(18)25)11-23(29)27-20-8-6-15-4-5-16(12-17(15)20)21-13-28-9-1-2-22(28)26-21/h3-5,7,10,12-13,20H,1-2,6,8-9,11H2,(H,27,29). The highest BCUT2D eigenvalue weighted by Gasteiger charge is 2.25. The lowest BCUT2D eigenvalue weighted by Gasteiger charge is -2.15. The molecule has 5 rings (SSSR count). The molecular weight excluding hydrogens is 389 g/mol. The van der Waals surface area contributed by atoms with Crippen molar-refractivity contribution in [1.82, 2.24) is 14.9 Å². The van der Waals surface area contributed by atoms with Crippen LogP contribution in [0.1, 0.15) is 41.4 Å². The van der Waals surface area contributed by atoms with Gasteiger partial charge in [0.15, 0.2) is 0 Å². The molecule has 1 aliphatic heterocycles. The Labute approximate surface area is 173 Å². The number of rotatable bonds is 4. The van der Waals surface area contributed by atoms with Crippen LogP contribution < -0.4 is 5.32 Å². The fraction of sp³-hybridized carbons (Fsp3) is 0.304. The van der Waals surface area contributed by atoms with Crippen LogP contribution in [-0.4, -0.2) is 15.5 Å². The van der Waals surface area contributed by atoms with Crippen molar-refractivity contribution in [3.05, 3.63) is 75.9 Å². The van der Waals surface area contributed by atoms with Gasteiger partial charge in [-0.15, -0.1) is 0 Å². The summed E-state index contributed by atoms with van der Waals surface area (Å²) in [5.74, 6) is 0.538. The Balaban J connectivity index is 1.33. The van der Waals surface area contributed by atoms with Gasteiger partial charge >= 0.3 is 0 Å². The maximum atomic E-state index is 13.6. The Morgan fingerprint density at radius 1 is 1.24 bits per heavy atom. The molecule has 0 radical (unpaired) electrons. The number of halogens is 2. The fourth-order valence-corrected chi connectivity index (χ4v) is 4.50. The van der Waals surface area contributed by atoms with E-state index in [0.717, 1.165) is 48.5 Å². The third kappa shape index (κ3) is 3.55. The highest BCUT2D eigenvalue weighted by Crippen LogP contribution is 2.35. The molecular formula is C23H21ClFN3O. The summed E-state index contributed by atoms with van der Waals surface area (Å²) < 4.78 is 15.9. The van der Waals surface area contributed by atoms with E-state index in [-0.39, 0.29) is 23.4 Å². The first-order valence-electron chi connectivity index (χ1n) is 9.99. The molecule has 4 nitrogen and oxygen atoms in total. The van der Waals surface area contributed by atoms with Gasteiger partial charge in [0.05, 0.1) is 23.2 Å². The van der Waals surface area contributed by atoms with Crippen LogP contribution in [0.3, 0.4) is 0 Å². The maximum Gasteiger partial charge on any atom is 0.224 e. The molecule has 0 saturated carbocycles. The van der Waals surface area contributed by atoms with Gasteiger partial charge in [0.2, 0.25) is 5.91 Å². The second kappa shape index (κ2) is 7.30. The van der Waals surface area contributed by atoms with Crippen LogP contribution in [0, 0.1) is 5.82 Å². The highest BCUT2D eigenvalue weighted by atomic mass is 35.5. The van der Waals surface area contributed by atoms with Crippen molar-refractivity contribution >= 4 is 17.5 Å². The molecule has 1 N–H and O–H groups in total. The van der Waals surface area contributed by atoms with Crippen LogP contribution in [0.4, 0.5) is 4.39 Å². The first-order chi connectivity index (χ1) is 14.1. The van der Waals surface area contributed by atoms with Gasteiger partial charge in [-0.1, -0.05) is 29.8 Å². The number of imidazole rings is 1. The summed E-state index contributed by atoms with van der Waals surface area (Å²) in [5, 5.41) is 3.18. The summed E-state index contributed by atoms with van der Waals surface area (Å²) in [6.07, 6.45) is 6.28. The zero-order valence-corrected chi connectivity index (χ0v) is 16.7. The van der Waals surface area contributed by atoms with Gasteiger partial charge in [0.25, 0.3) is 0 Å². The summed E-state index contributed by atoms with van der Waals surface area (Å²) in [7, 11) is 0. The molecule has 0 fully saturated rings. The van der Waals surface area contributed by atoms with Gasteiger partial charge in [0.1, 0.15) is 11.6 Å². The summed E-state index contributed by atoms with van der Waals surface area (Å²) in [4.78, 5) is 17.3. The maximum absolute atomic E-state index is 13.6. The van der Waals surface area contributed by atoms with E-state index < -0.39 is 5.82 Å². The minimum atomic E-state index is -0.500. The first kappa shape index (κ1) is 18.4. The molecule has 6 heteroatoms. The lowest BCUT2D eigenvalue weighted by molar-refractivity contribution is -0.121. The van der Waals surface area contributed by atoms with Crippen LogP contribution >= 0.6 is 11.6 Å². The largest absolute Gasteiger partial charge is 0.349 e. The first-order valence-corrected chi connectivity index (χ1v) is 10.4. The number of carbonyl (C=O) groups is 1. The van der Waals surface area contributed by atoms with Crippen molar-refractivity contribution in [1.29, 1.82) is 0 Å². The molecule has 0 bridgehead atoms. The van der Waals surface area contributed by atoms with E-state index in [1.165, 1.54) is 24.1 Å². The van der Waals surface area contributed by atoms with Crippen molar-refractivity contribution in [2.75, 3.05) is 0 Å². The quantitative estimate of drug-likeness (QED) is 0.682. The minimum Gasteiger partial charge on any atom is -0.349 e. The van der Waals surface area contributed by atoms with Gasteiger partial charge in [-0.3, -0.25) is 4.79 Å². The Kier molecular flexibility index (Phi) is 4.63. The molecule has 1 aromatic heterocycles. The number of amides is 1. The Morgan fingerprint density at radius 3 is 2.97 bits per heavy atom. The molecule has 1 unspecified atom stereocenters. The van der Waals surface area contributed by atoms with Gasteiger partial charge < -0.3 is 9.88 Å². The summed E-state index contributed by atoms with van der Waals surface area (Å²) in [6, 6.07) is 10.9. The normalized spacial score (nSPS) is 17.2. The molecule has 0 spiro atoms. The number of hydrogen-bond acceptors (Lipinski definition) is 2. The number of benzene rings is 2. The Morgan fingerprint density at radius 2 is 2.14 bits per heavy atom. The Hall–Kier alpha value is -2.66. The van der Waals surface area contributed by atoms with E-state index in [1.807, 2.05) is 0 Å². The number of nitrogens with one attached hydrogen (secondary N) is 1. The van der Waals surface area contributed by atoms with E-state index in [4.69, 9.17) is 16.6 Å². The molecule has 2 aromatic carbocycles. The fourth-order valence-electron chi connectivity index (χ4n) is 4.39. The van der Waals surface area contributed by atoms with E-state index in [1.54, 1.807) is 6.07 Å². The number of nitrogens with zero attached hydrogens (tertiary/aromatic N) is 2. The molecule has 3 aromatic rings. The van der Waals surface area contributed by atoms with E-state index in [0.29, 0.717) is 5.56 Å². The van der Waals surface area contributed by atoms with Crippen LogP contribution in [0.15, 0.2) is 42.6 Å². The molecule has 2 heterocycles.